The molecule has 1 aromatic heterocycles. The quantitative estimate of drug-likeness (QED) is 0.643. The Labute approximate surface area is 122 Å². The van der Waals surface area contributed by atoms with E-state index in [1.165, 1.54) is 4.90 Å². The Morgan fingerprint density at radius 3 is 2.33 bits per heavy atom. The topological polar surface area (TPSA) is 105 Å². The van der Waals surface area contributed by atoms with E-state index in [1.807, 2.05) is 0 Å². The van der Waals surface area contributed by atoms with Crippen LogP contribution in [-0.2, 0) is 0 Å². The van der Waals surface area contributed by atoms with Crippen molar-refractivity contribution in [3.8, 4) is 5.69 Å². The Morgan fingerprint density at radius 1 is 1.14 bits per heavy atom. The standard InChI is InChI=1S/C14H18N4O3/c15-11-1-3-12(4-2-11)18-6-5-13(16-18)14(21)17(7-9-19)8-10-20/h1-6,19-20H,7-10,15H2. The molecule has 0 atom stereocenters. The number of carbonyl (C=O) groups is 1. The van der Waals surface area contributed by atoms with E-state index in [9.17, 15) is 4.79 Å². The molecule has 2 rings (SSSR count). The third kappa shape index (κ3) is 3.59. The average Bonchev–Trinajstić information content (AvgIpc) is 2.97. The van der Waals surface area contributed by atoms with Gasteiger partial charge in [-0.25, -0.2) is 4.68 Å². The summed E-state index contributed by atoms with van der Waals surface area (Å²) in [4.78, 5) is 13.6. The van der Waals surface area contributed by atoms with Gasteiger partial charge in [0.05, 0.1) is 18.9 Å². The summed E-state index contributed by atoms with van der Waals surface area (Å²) in [5.74, 6) is -0.327. The van der Waals surface area contributed by atoms with E-state index in [0.717, 1.165) is 5.69 Å². The zero-order chi connectivity index (χ0) is 15.2. The number of benzene rings is 1. The van der Waals surface area contributed by atoms with E-state index in [4.69, 9.17) is 15.9 Å². The Bertz CT molecular complexity index is 589. The summed E-state index contributed by atoms with van der Waals surface area (Å²) in [6, 6.07) is 8.71. The van der Waals surface area contributed by atoms with Gasteiger partial charge in [-0.15, -0.1) is 0 Å². The van der Waals surface area contributed by atoms with Crippen LogP contribution in [0.25, 0.3) is 5.69 Å². The summed E-state index contributed by atoms with van der Waals surface area (Å²) in [7, 11) is 0. The minimum absolute atomic E-state index is 0.161. The van der Waals surface area contributed by atoms with Crippen molar-refractivity contribution < 1.29 is 15.0 Å². The number of hydrogen-bond acceptors (Lipinski definition) is 5. The molecule has 21 heavy (non-hydrogen) atoms. The number of aliphatic hydroxyl groups is 2. The third-order valence-electron chi connectivity index (χ3n) is 2.99. The van der Waals surface area contributed by atoms with E-state index >= 15 is 0 Å². The number of hydrogen-bond donors (Lipinski definition) is 3. The maximum Gasteiger partial charge on any atom is 0.274 e. The number of anilines is 1. The molecule has 2 aromatic rings. The Balaban J connectivity index is 2.18. The smallest absolute Gasteiger partial charge is 0.274 e. The first-order valence-corrected chi connectivity index (χ1v) is 6.58. The van der Waals surface area contributed by atoms with Crippen LogP contribution >= 0.6 is 0 Å². The molecule has 7 nitrogen and oxygen atoms in total. The lowest BCUT2D eigenvalue weighted by Gasteiger charge is -2.19. The second-order valence-electron chi connectivity index (χ2n) is 4.48. The molecule has 0 radical (unpaired) electrons. The van der Waals surface area contributed by atoms with Crippen molar-refractivity contribution in [2.75, 3.05) is 32.0 Å². The molecule has 7 heteroatoms. The Hall–Kier alpha value is -2.38. The van der Waals surface area contributed by atoms with Crippen molar-refractivity contribution in [3.63, 3.8) is 0 Å². The summed E-state index contributed by atoms with van der Waals surface area (Å²) in [6.07, 6.45) is 1.68. The molecule has 0 unspecified atom stereocenters. The highest BCUT2D eigenvalue weighted by Crippen LogP contribution is 2.11. The van der Waals surface area contributed by atoms with Crippen molar-refractivity contribution >= 4 is 11.6 Å². The Kier molecular flexibility index (Phi) is 4.91. The van der Waals surface area contributed by atoms with Crippen molar-refractivity contribution in [3.05, 3.63) is 42.2 Å². The predicted molar refractivity (Wildman–Crippen MR) is 78.1 cm³/mol. The first-order chi connectivity index (χ1) is 10.2. The Morgan fingerprint density at radius 2 is 1.76 bits per heavy atom. The van der Waals surface area contributed by atoms with Crippen LogP contribution in [0.4, 0.5) is 5.69 Å². The SMILES string of the molecule is Nc1ccc(-n2ccc(C(=O)N(CCO)CCO)n2)cc1. The predicted octanol–water partition coefficient (Wildman–Crippen LogP) is -0.119. The van der Waals surface area contributed by atoms with Crippen molar-refractivity contribution in [1.29, 1.82) is 0 Å². The molecular weight excluding hydrogens is 272 g/mol. The molecule has 1 aromatic carbocycles. The zero-order valence-corrected chi connectivity index (χ0v) is 11.5. The van der Waals surface area contributed by atoms with Crippen molar-refractivity contribution in [2.45, 2.75) is 0 Å². The summed E-state index contributed by atoms with van der Waals surface area (Å²) < 4.78 is 1.57. The number of amides is 1. The molecule has 0 saturated carbocycles. The van der Waals surface area contributed by atoms with Gasteiger partial charge >= 0.3 is 0 Å². The molecule has 0 aliphatic rings. The van der Waals surface area contributed by atoms with E-state index in [1.54, 1.807) is 41.2 Å². The fourth-order valence-corrected chi connectivity index (χ4v) is 1.93. The van der Waals surface area contributed by atoms with Crippen LogP contribution in [0.1, 0.15) is 10.5 Å². The van der Waals surface area contributed by atoms with Crippen molar-refractivity contribution in [1.82, 2.24) is 14.7 Å². The van der Waals surface area contributed by atoms with Gasteiger partial charge in [0.2, 0.25) is 0 Å². The molecule has 0 spiro atoms. The molecule has 0 saturated heterocycles. The minimum atomic E-state index is -0.327. The molecule has 0 fully saturated rings. The fraction of sp³-hybridized carbons (Fsp3) is 0.286. The lowest BCUT2D eigenvalue weighted by molar-refractivity contribution is 0.0678. The fourth-order valence-electron chi connectivity index (χ4n) is 1.93. The van der Waals surface area contributed by atoms with Gasteiger partial charge in [-0.3, -0.25) is 4.79 Å². The van der Waals surface area contributed by atoms with Crippen LogP contribution in [-0.4, -0.2) is 57.1 Å². The first kappa shape index (κ1) is 15.0. The third-order valence-corrected chi connectivity index (χ3v) is 2.99. The van der Waals surface area contributed by atoms with Crippen LogP contribution in [0.15, 0.2) is 36.5 Å². The summed E-state index contributed by atoms with van der Waals surface area (Å²) in [5.41, 5.74) is 7.33. The number of nitrogens with zero attached hydrogens (tertiary/aromatic N) is 3. The molecular formula is C14H18N4O3. The highest BCUT2D eigenvalue weighted by Gasteiger charge is 2.17. The van der Waals surface area contributed by atoms with Crippen molar-refractivity contribution in [2.24, 2.45) is 0 Å². The highest BCUT2D eigenvalue weighted by atomic mass is 16.3. The monoisotopic (exact) mass is 290 g/mol. The van der Waals surface area contributed by atoms with E-state index in [-0.39, 0.29) is 37.9 Å². The lowest BCUT2D eigenvalue weighted by atomic mass is 10.3. The van der Waals surface area contributed by atoms with Crippen LogP contribution in [0.3, 0.4) is 0 Å². The number of aromatic nitrogens is 2. The second-order valence-corrected chi connectivity index (χ2v) is 4.48. The zero-order valence-electron chi connectivity index (χ0n) is 11.5. The summed E-state index contributed by atoms with van der Waals surface area (Å²) in [6.45, 7) is -0.00291. The molecule has 1 amide bonds. The number of rotatable bonds is 6. The maximum atomic E-state index is 12.2. The molecule has 0 bridgehead atoms. The van der Waals surface area contributed by atoms with Gasteiger partial charge in [0.25, 0.3) is 5.91 Å². The van der Waals surface area contributed by atoms with Crippen LogP contribution in [0, 0.1) is 0 Å². The molecule has 1 heterocycles. The molecule has 4 N–H and O–H groups in total. The molecule has 112 valence electrons. The van der Waals surface area contributed by atoms with Crippen LogP contribution in [0.2, 0.25) is 0 Å². The van der Waals surface area contributed by atoms with Gasteiger partial charge < -0.3 is 20.8 Å². The largest absolute Gasteiger partial charge is 0.399 e. The number of aliphatic hydroxyl groups excluding tert-OH is 2. The molecule has 0 aliphatic heterocycles. The minimum Gasteiger partial charge on any atom is -0.399 e. The lowest BCUT2D eigenvalue weighted by Crippen LogP contribution is -2.36. The first-order valence-electron chi connectivity index (χ1n) is 6.58. The normalized spacial score (nSPS) is 10.6. The number of nitrogen functional groups attached to an aromatic ring is 1. The van der Waals surface area contributed by atoms with Gasteiger partial charge in [-0.2, -0.15) is 5.10 Å². The van der Waals surface area contributed by atoms with Gasteiger partial charge in [0.15, 0.2) is 5.69 Å². The second kappa shape index (κ2) is 6.87. The van der Waals surface area contributed by atoms with E-state index in [0.29, 0.717) is 5.69 Å². The highest BCUT2D eigenvalue weighted by molar-refractivity contribution is 5.92. The van der Waals surface area contributed by atoms with Gasteiger partial charge in [-0.05, 0) is 30.3 Å². The summed E-state index contributed by atoms with van der Waals surface area (Å²) in [5, 5.41) is 22.1. The average molecular weight is 290 g/mol. The van der Waals surface area contributed by atoms with Crippen LogP contribution < -0.4 is 5.73 Å². The van der Waals surface area contributed by atoms with Gasteiger partial charge in [-0.1, -0.05) is 0 Å². The van der Waals surface area contributed by atoms with E-state index in [2.05, 4.69) is 5.10 Å². The van der Waals surface area contributed by atoms with E-state index < -0.39 is 0 Å². The molecule has 0 aliphatic carbocycles. The van der Waals surface area contributed by atoms with Gasteiger partial charge in [0.1, 0.15) is 0 Å². The van der Waals surface area contributed by atoms with Gasteiger partial charge in [0, 0.05) is 25.0 Å². The summed E-state index contributed by atoms with van der Waals surface area (Å²) >= 11 is 0. The number of nitrogens with two attached hydrogens (primary N) is 1. The maximum absolute atomic E-state index is 12.2. The van der Waals surface area contributed by atoms with Crippen LogP contribution in [0.5, 0.6) is 0 Å². The number of carbonyl (C=O) groups excluding carboxylic acids is 1.